The Hall–Kier alpha value is -1.99. The van der Waals surface area contributed by atoms with E-state index in [-0.39, 0.29) is 4.91 Å². The summed E-state index contributed by atoms with van der Waals surface area (Å²) in [5.74, 6) is 0.642. The van der Waals surface area contributed by atoms with Crippen molar-refractivity contribution >= 4 is 29.0 Å². The minimum Gasteiger partial charge on any atom is -0.497 e. The number of methoxy groups -OCH3 is 2. The lowest BCUT2D eigenvalue weighted by molar-refractivity contribution is -0.125. The van der Waals surface area contributed by atoms with Crippen LogP contribution >= 0.6 is 11.8 Å². The van der Waals surface area contributed by atoms with Crippen LogP contribution < -0.4 is 9.47 Å². The second-order valence-electron chi connectivity index (χ2n) is 3.86. The van der Waals surface area contributed by atoms with E-state index in [1.165, 1.54) is 7.11 Å². The van der Waals surface area contributed by atoms with Crippen LogP contribution in [0.5, 0.6) is 11.5 Å². The van der Waals surface area contributed by atoms with Crippen LogP contribution in [0.2, 0.25) is 0 Å². The first-order valence-electron chi connectivity index (χ1n) is 5.69. The quantitative estimate of drug-likeness (QED) is 0.852. The number of aliphatic hydroxyl groups is 1. The number of rotatable bonds is 4. The van der Waals surface area contributed by atoms with E-state index in [1.807, 2.05) is 0 Å². The monoisotopic (exact) mass is 295 g/mol. The third kappa shape index (κ3) is 2.63. The maximum absolute atomic E-state index is 11.9. The molecule has 1 saturated heterocycles. The normalized spacial score (nSPS) is 16.9. The van der Waals surface area contributed by atoms with Crippen molar-refractivity contribution in [1.82, 2.24) is 4.90 Å². The molecule has 0 aromatic heterocycles. The highest BCUT2D eigenvalue weighted by molar-refractivity contribution is 8.18. The highest BCUT2D eigenvalue weighted by Crippen LogP contribution is 2.34. The number of benzene rings is 1. The molecule has 2 amide bonds. The molecule has 0 saturated carbocycles. The van der Waals surface area contributed by atoms with Gasteiger partial charge in [-0.15, -0.1) is 0 Å². The lowest BCUT2D eigenvalue weighted by atomic mass is 10.1. The van der Waals surface area contributed by atoms with Gasteiger partial charge in [0, 0.05) is 11.6 Å². The third-order valence-corrected chi connectivity index (χ3v) is 3.65. The number of ether oxygens (including phenoxy) is 2. The maximum atomic E-state index is 11.9. The van der Waals surface area contributed by atoms with Gasteiger partial charge in [-0.25, -0.2) is 4.90 Å². The second-order valence-corrected chi connectivity index (χ2v) is 4.85. The third-order valence-electron chi connectivity index (χ3n) is 2.74. The fraction of sp³-hybridized carbons (Fsp3) is 0.231. The molecule has 0 radical (unpaired) electrons. The average molecular weight is 295 g/mol. The Morgan fingerprint density at radius 2 is 2.05 bits per heavy atom. The molecule has 1 fully saturated rings. The van der Waals surface area contributed by atoms with Gasteiger partial charge in [-0.1, -0.05) is 0 Å². The van der Waals surface area contributed by atoms with E-state index in [9.17, 15) is 9.59 Å². The van der Waals surface area contributed by atoms with Crippen LogP contribution in [-0.4, -0.2) is 42.1 Å². The molecule has 7 heteroatoms. The van der Waals surface area contributed by atoms with E-state index in [2.05, 4.69) is 0 Å². The van der Waals surface area contributed by atoms with Crippen molar-refractivity contribution in [2.45, 2.75) is 0 Å². The predicted molar refractivity (Wildman–Crippen MR) is 74.4 cm³/mol. The molecule has 0 spiro atoms. The summed E-state index contributed by atoms with van der Waals surface area (Å²) in [6.07, 6.45) is 1.55. The van der Waals surface area contributed by atoms with Gasteiger partial charge >= 0.3 is 0 Å². The largest absolute Gasteiger partial charge is 0.497 e. The summed E-state index contributed by atoms with van der Waals surface area (Å²) in [5.41, 5.74) is 0.650. The molecule has 6 nitrogen and oxygen atoms in total. The van der Waals surface area contributed by atoms with E-state index in [0.717, 1.165) is 16.7 Å². The van der Waals surface area contributed by atoms with Crippen LogP contribution in [0.15, 0.2) is 23.1 Å². The molecule has 1 aromatic carbocycles. The summed E-state index contributed by atoms with van der Waals surface area (Å²) in [7, 11) is 3.05. The van der Waals surface area contributed by atoms with E-state index >= 15 is 0 Å². The summed E-state index contributed by atoms with van der Waals surface area (Å²) >= 11 is 0.782. The molecule has 0 bridgehead atoms. The Labute approximate surface area is 120 Å². The van der Waals surface area contributed by atoms with E-state index < -0.39 is 17.9 Å². The van der Waals surface area contributed by atoms with Crippen molar-refractivity contribution in [2.24, 2.45) is 0 Å². The molecule has 1 aromatic rings. The van der Waals surface area contributed by atoms with E-state index in [1.54, 1.807) is 31.4 Å². The summed E-state index contributed by atoms with van der Waals surface area (Å²) in [5, 5.41) is 8.47. The number of hydrogen-bond donors (Lipinski definition) is 1. The Kier molecular flexibility index (Phi) is 4.31. The number of thioether (sulfide) groups is 1. The highest BCUT2D eigenvalue weighted by Gasteiger charge is 2.34. The topological polar surface area (TPSA) is 76.1 Å². The minimum absolute atomic E-state index is 0.243. The molecule has 0 unspecified atom stereocenters. The van der Waals surface area contributed by atoms with Gasteiger partial charge < -0.3 is 14.6 Å². The standard InChI is InChI=1S/C13H13NO5S/c1-18-9-4-3-8(10(6-9)19-2)5-11-12(16)14(7-15)13(17)20-11/h3-6,15H,7H2,1-2H3. The number of imide groups is 1. The lowest BCUT2D eigenvalue weighted by Gasteiger charge is -2.08. The SMILES string of the molecule is COc1ccc(C=C2SC(=O)N(CO)C2=O)c(OC)c1. The molecule has 1 N–H and O–H groups in total. The summed E-state index contributed by atoms with van der Waals surface area (Å²) < 4.78 is 10.3. The van der Waals surface area contributed by atoms with Crippen LogP contribution in [0, 0.1) is 0 Å². The predicted octanol–water partition coefficient (Wildman–Crippen LogP) is 1.69. The number of aliphatic hydroxyl groups excluding tert-OH is 1. The zero-order valence-electron chi connectivity index (χ0n) is 11.0. The van der Waals surface area contributed by atoms with E-state index in [4.69, 9.17) is 14.6 Å². The number of carbonyl (C=O) groups is 2. The molecule has 0 atom stereocenters. The van der Waals surface area contributed by atoms with Crippen LogP contribution in [0.1, 0.15) is 5.56 Å². The van der Waals surface area contributed by atoms with Gasteiger partial charge in [-0.3, -0.25) is 9.59 Å². The van der Waals surface area contributed by atoms with Crippen molar-refractivity contribution in [3.63, 3.8) is 0 Å². The number of hydrogen-bond acceptors (Lipinski definition) is 6. The molecule has 20 heavy (non-hydrogen) atoms. The van der Waals surface area contributed by atoms with Crippen LogP contribution in [0.25, 0.3) is 6.08 Å². The zero-order valence-corrected chi connectivity index (χ0v) is 11.8. The van der Waals surface area contributed by atoms with Gasteiger partial charge in [0.1, 0.15) is 18.2 Å². The lowest BCUT2D eigenvalue weighted by Crippen LogP contribution is -2.28. The zero-order chi connectivity index (χ0) is 14.7. The smallest absolute Gasteiger partial charge is 0.295 e. The molecule has 0 aliphatic carbocycles. The molecular formula is C13H13NO5S. The highest BCUT2D eigenvalue weighted by atomic mass is 32.2. The Bertz CT molecular complexity index is 584. The maximum Gasteiger partial charge on any atom is 0.295 e. The number of nitrogens with zero attached hydrogens (tertiary/aromatic N) is 1. The molecular weight excluding hydrogens is 282 g/mol. The minimum atomic E-state index is -0.623. The van der Waals surface area contributed by atoms with Crippen LogP contribution in [-0.2, 0) is 4.79 Å². The molecule has 106 valence electrons. The van der Waals surface area contributed by atoms with Crippen molar-refractivity contribution in [3.05, 3.63) is 28.7 Å². The van der Waals surface area contributed by atoms with Crippen LogP contribution in [0.4, 0.5) is 4.79 Å². The molecule has 2 rings (SSSR count). The van der Waals surface area contributed by atoms with Crippen molar-refractivity contribution in [3.8, 4) is 11.5 Å². The van der Waals surface area contributed by atoms with Crippen molar-refractivity contribution in [1.29, 1.82) is 0 Å². The van der Waals surface area contributed by atoms with Crippen molar-refractivity contribution < 1.29 is 24.2 Å². The van der Waals surface area contributed by atoms with Gasteiger partial charge in [-0.05, 0) is 30.0 Å². The Balaban J connectivity index is 2.36. The van der Waals surface area contributed by atoms with Crippen LogP contribution in [0.3, 0.4) is 0 Å². The summed E-state index contributed by atoms with van der Waals surface area (Å²) in [6.45, 7) is -0.623. The number of carbonyl (C=O) groups excluding carboxylic acids is 2. The first kappa shape index (κ1) is 14.4. The first-order chi connectivity index (χ1) is 9.60. The number of amides is 2. The molecule has 1 aliphatic rings. The Morgan fingerprint density at radius 1 is 1.30 bits per heavy atom. The molecule has 1 heterocycles. The van der Waals surface area contributed by atoms with Gasteiger partial charge in [0.05, 0.1) is 19.1 Å². The Morgan fingerprint density at radius 3 is 2.60 bits per heavy atom. The fourth-order valence-corrected chi connectivity index (χ4v) is 2.52. The first-order valence-corrected chi connectivity index (χ1v) is 6.50. The summed E-state index contributed by atoms with van der Waals surface area (Å²) in [6, 6.07) is 5.14. The van der Waals surface area contributed by atoms with Gasteiger partial charge in [-0.2, -0.15) is 0 Å². The van der Waals surface area contributed by atoms with Gasteiger partial charge in [0.2, 0.25) is 0 Å². The summed E-state index contributed by atoms with van der Waals surface area (Å²) in [4.78, 5) is 24.4. The van der Waals surface area contributed by atoms with E-state index in [0.29, 0.717) is 17.1 Å². The van der Waals surface area contributed by atoms with Crippen molar-refractivity contribution in [2.75, 3.05) is 21.0 Å². The molecule has 1 aliphatic heterocycles. The average Bonchev–Trinajstić information content (AvgIpc) is 2.73. The second kappa shape index (κ2) is 5.98. The fourth-order valence-electron chi connectivity index (χ4n) is 1.70. The van der Waals surface area contributed by atoms with Gasteiger partial charge in [0.15, 0.2) is 0 Å². The van der Waals surface area contributed by atoms with Gasteiger partial charge in [0.25, 0.3) is 11.1 Å².